The molecule has 0 radical (unpaired) electrons. The van der Waals surface area contributed by atoms with Crippen molar-refractivity contribution in [2.24, 2.45) is 0 Å². The second-order valence-corrected chi connectivity index (χ2v) is 8.43. The van der Waals surface area contributed by atoms with Gasteiger partial charge in [0.2, 0.25) is 11.8 Å². The minimum Gasteiger partial charge on any atom is -0.497 e. The molecule has 0 bridgehead atoms. The fraction of sp³-hybridized carbons (Fsp3) is 0.318. The second-order valence-electron chi connectivity index (χ2n) is 7.14. The Morgan fingerprint density at radius 3 is 2.76 bits per heavy atom. The Bertz CT molecular complexity index is 1000. The zero-order valence-corrected chi connectivity index (χ0v) is 17.5. The molecule has 2 heterocycles. The number of carbonyl (C=O) groups is 1. The van der Waals surface area contributed by atoms with Crippen LogP contribution in [0.25, 0.3) is 0 Å². The van der Waals surface area contributed by atoms with Crippen LogP contribution in [-0.2, 0) is 17.6 Å². The largest absolute Gasteiger partial charge is 0.497 e. The van der Waals surface area contributed by atoms with Crippen LogP contribution in [0.4, 0.5) is 5.69 Å². The third-order valence-corrected chi connectivity index (χ3v) is 5.95. The summed E-state index contributed by atoms with van der Waals surface area (Å²) in [6.07, 6.45) is 1.42. The van der Waals surface area contributed by atoms with Gasteiger partial charge >= 0.3 is 0 Å². The number of hydrogen-bond acceptors (Lipinski definition) is 6. The van der Waals surface area contributed by atoms with Gasteiger partial charge in [0.15, 0.2) is 0 Å². The van der Waals surface area contributed by atoms with E-state index < -0.39 is 0 Å². The smallest absolute Gasteiger partial charge is 0.277 e. The van der Waals surface area contributed by atoms with Gasteiger partial charge in [-0.05, 0) is 49.6 Å². The molecule has 1 aliphatic heterocycles. The number of aromatic nitrogens is 2. The highest BCUT2D eigenvalue weighted by molar-refractivity contribution is 8.00. The number of benzene rings is 2. The molecule has 1 aliphatic rings. The van der Waals surface area contributed by atoms with E-state index in [-0.39, 0.29) is 17.2 Å². The molecule has 29 heavy (non-hydrogen) atoms. The van der Waals surface area contributed by atoms with Crippen LogP contribution >= 0.6 is 11.8 Å². The predicted molar refractivity (Wildman–Crippen MR) is 113 cm³/mol. The van der Waals surface area contributed by atoms with E-state index in [1.54, 1.807) is 7.11 Å². The van der Waals surface area contributed by atoms with E-state index in [4.69, 9.17) is 9.15 Å². The van der Waals surface area contributed by atoms with Gasteiger partial charge in [-0.1, -0.05) is 42.1 Å². The van der Waals surface area contributed by atoms with E-state index >= 15 is 0 Å². The lowest BCUT2D eigenvalue weighted by Gasteiger charge is -2.25. The van der Waals surface area contributed by atoms with Gasteiger partial charge in [-0.3, -0.25) is 4.79 Å². The summed E-state index contributed by atoms with van der Waals surface area (Å²) in [6, 6.07) is 16.0. The van der Waals surface area contributed by atoms with Gasteiger partial charge in [0.1, 0.15) is 5.75 Å². The van der Waals surface area contributed by atoms with Gasteiger partial charge in [-0.25, -0.2) is 0 Å². The van der Waals surface area contributed by atoms with Gasteiger partial charge in [0.05, 0.1) is 18.8 Å². The van der Waals surface area contributed by atoms with Crippen LogP contribution in [0.3, 0.4) is 0 Å². The molecule has 3 aromatic rings. The van der Waals surface area contributed by atoms with Crippen molar-refractivity contribution in [3.63, 3.8) is 0 Å². The van der Waals surface area contributed by atoms with E-state index in [1.165, 1.54) is 17.3 Å². The van der Waals surface area contributed by atoms with Gasteiger partial charge in [0.25, 0.3) is 5.22 Å². The molecule has 0 aliphatic carbocycles. The number of methoxy groups -OCH3 is 1. The fourth-order valence-electron chi connectivity index (χ4n) is 3.57. The number of fused-ring (bicyclic) bond motifs is 1. The maximum atomic E-state index is 13.1. The lowest BCUT2D eigenvalue weighted by Crippen LogP contribution is -2.40. The topological polar surface area (TPSA) is 68.5 Å². The Labute approximate surface area is 174 Å². The van der Waals surface area contributed by atoms with Gasteiger partial charge < -0.3 is 14.1 Å². The molecule has 1 aromatic heterocycles. The maximum Gasteiger partial charge on any atom is 0.277 e. The third kappa shape index (κ3) is 4.15. The summed E-state index contributed by atoms with van der Waals surface area (Å²) in [7, 11) is 1.64. The monoisotopic (exact) mass is 409 g/mol. The molecule has 0 fully saturated rings. The molecule has 2 atom stereocenters. The van der Waals surface area contributed by atoms with Crippen LogP contribution in [-0.4, -0.2) is 34.5 Å². The highest BCUT2D eigenvalue weighted by atomic mass is 32.2. The van der Waals surface area contributed by atoms with E-state index in [0.717, 1.165) is 23.4 Å². The number of carbonyl (C=O) groups excluding carboxylic acids is 1. The van der Waals surface area contributed by atoms with Gasteiger partial charge in [0, 0.05) is 11.7 Å². The van der Waals surface area contributed by atoms with Crippen molar-refractivity contribution in [1.82, 2.24) is 10.2 Å². The molecule has 0 saturated carbocycles. The number of rotatable bonds is 6. The highest BCUT2D eigenvalue weighted by Gasteiger charge is 2.34. The molecule has 0 unspecified atom stereocenters. The summed E-state index contributed by atoms with van der Waals surface area (Å²) < 4.78 is 10.9. The molecule has 0 saturated heterocycles. The van der Waals surface area contributed by atoms with Crippen molar-refractivity contribution < 1.29 is 13.9 Å². The summed E-state index contributed by atoms with van der Waals surface area (Å²) in [4.78, 5) is 15.0. The highest BCUT2D eigenvalue weighted by Crippen LogP contribution is 2.34. The Hall–Kier alpha value is -2.80. The van der Waals surface area contributed by atoms with Crippen LogP contribution in [0.1, 0.15) is 30.9 Å². The van der Waals surface area contributed by atoms with Crippen LogP contribution in [0.2, 0.25) is 0 Å². The van der Waals surface area contributed by atoms with Crippen LogP contribution in [0.5, 0.6) is 5.75 Å². The van der Waals surface area contributed by atoms with Crippen LogP contribution in [0, 0.1) is 0 Å². The molecule has 6 nitrogen and oxygen atoms in total. The first kappa shape index (κ1) is 19.5. The predicted octanol–water partition coefficient (Wildman–Crippen LogP) is 4.13. The molecular formula is C22H23N3O3S. The summed E-state index contributed by atoms with van der Waals surface area (Å²) >= 11 is 1.30. The number of thioether (sulfide) groups is 1. The third-order valence-electron chi connectivity index (χ3n) is 5.03. The number of nitrogens with zero attached hydrogens (tertiary/aromatic N) is 3. The number of hydrogen-bond donors (Lipinski definition) is 0. The minimum atomic E-state index is -0.321. The van der Waals surface area contributed by atoms with E-state index in [0.29, 0.717) is 17.5 Å². The first-order chi connectivity index (χ1) is 14.0. The molecule has 0 spiro atoms. The first-order valence-corrected chi connectivity index (χ1v) is 10.5. The molecule has 1 amide bonds. The fourth-order valence-corrected chi connectivity index (χ4v) is 4.32. The number of ether oxygens (including phenoxy) is 1. The molecular weight excluding hydrogens is 386 g/mol. The summed E-state index contributed by atoms with van der Waals surface area (Å²) in [5, 5.41) is 8.32. The Kier molecular flexibility index (Phi) is 5.58. The van der Waals surface area contributed by atoms with Crippen molar-refractivity contribution in [3.8, 4) is 5.75 Å². The maximum absolute atomic E-state index is 13.1. The first-order valence-electron chi connectivity index (χ1n) is 9.58. The zero-order chi connectivity index (χ0) is 20.4. The summed E-state index contributed by atoms with van der Waals surface area (Å²) in [5.41, 5.74) is 3.27. The second kappa shape index (κ2) is 8.29. The van der Waals surface area contributed by atoms with Crippen molar-refractivity contribution in [2.45, 2.75) is 43.2 Å². The Morgan fingerprint density at radius 2 is 2.00 bits per heavy atom. The van der Waals surface area contributed by atoms with Crippen LogP contribution < -0.4 is 9.64 Å². The minimum absolute atomic E-state index is 0.0577. The van der Waals surface area contributed by atoms with E-state index in [2.05, 4.69) is 23.2 Å². The van der Waals surface area contributed by atoms with Crippen molar-refractivity contribution >= 4 is 23.4 Å². The summed E-state index contributed by atoms with van der Waals surface area (Å²) in [5.74, 6) is 1.39. The number of amides is 1. The van der Waals surface area contributed by atoms with E-state index in [1.807, 2.05) is 54.3 Å². The molecule has 7 heteroatoms. The van der Waals surface area contributed by atoms with Crippen molar-refractivity contribution in [3.05, 3.63) is 65.5 Å². The average Bonchev–Trinajstić information content (AvgIpc) is 3.30. The molecule has 0 N–H and O–H groups in total. The number of para-hydroxylation sites is 1. The van der Waals surface area contributed by atoms with Gasteiger partial charge in [-0.2, -0.15) is 0 Å². The zero-order valence-electron chi connectivity index (χ0n) is 16.7. The van der Waals surface area contributed by atoms with Crippen LogP contribution in [0.15, 0.2) is 58.2 Å². The normalized spacial score (nSPS) is 16.5. The average molecular weight is 410 g/mol. The Balaban J connectivity index is 1.41. The lowest BCUT2D eigenvalue weighted by atomic mass is 10.1. The Morgan fingerprint density at radius 1 is 1.24 bits per heavy atom. The lowest BCUT2D eigenvalue weighted by molar-refractivity contribution is -0.118. The SMILES string of the molecule is COc1ccc(Cc2nnc(S[C@H](C)C(=O)N3c4ccccc4C[C@@H]3C)o2)cc1. The molecule has 2 aromatic carbocycles. The summed E-state index contributed by atoms with van der Waals surface area (Å²) in [6.45, 7) is 3.96. The van der Waals surface area contributed by atoms with Crippen molar-refractivity contribution in [1.29, 1.82) is 0 Å². The van der Waals surface area contributed by atoms with Gasteiger partial charge in [-0.15, -0.1) is 10.2 Å². The molecule has 4 rings (SSSR count). The quantitative estimate of drug-likeness (QED) is 0.570. The standard InChI is InChI=1S/C22H23N3O3S/c1-14-12-17-6-4-5-7-19(17)25(14)21(26)15(2)29-22-24-23-20(28-22)13-16-8-10-18(27-3)11-9-16/h4-11,14-15H,12-13H2,1-3H3/t14-,15+/m0/s1. The van der Waals surface area contributed by atoms with Crippen molar-refractivity contribution in [2.75, 3.05) is 12.0 Å². The molecule has 150 valence electrons. The number of anilines is 1. The van der Waals surface area contributed by atoms with E-state index in [9.17, 15) is 4.79 Å².